The second-order valence-corrected chi connectivity index (χ2v) is 3.65. The van der Waals surface area contributed by atoms with Crippen LogP contribution in [0.3, 0.4) is 0 Å². The van der Waals surface area contributed by atoms with Crippen LogP contribution in [0.4, 0.5) is 0 Å². The van der Waals surface area contributed by atoms with Crippen LogP contribution in [0.1, 0.15) is 38.6 Å². The number of hydrogen-bond acceptors (Lipinski definition) is 3. The Morgan fingerprint density at radius 2 is 2.40 bits per heavy atom. The van der Waals surface area contributed by atoms with Gasteiger partial charge in [-0.2, -0.15) is 0 Å². The van der Waals surface area contributed by atoms with Crippen LogP contribution in [0.25, 0.3) is 0 Å². The SMILES string of the molecule is CC(O)CCC(=O)NC(C)c1ncc[nH]1. The third-order valence-electron chi connectivity index (χ3n) is 2.10. The number of carbonyl (C=O) groups is 1. The van der Waals surface area contributed by atoms with Gasteiger partial charge in [0.05, 0.1) is 12.1 Å². The van der Waals surface area contributed by atoms with E-state index in [-0.39, 0.29) is 11.9 Å². The second-order valence-electron chi connectivity index (χ2n) is 3.65. The Bertz CT molecular complexity index is 296. The quantitative estimate of drug-likeness (QED) is 0.672. The molecule has 0 aliphatic heterocycles. The van der Waals surface area contributed by atoms with Gasteiger partial charge >= 0.3 is 0 Å². The first-order valence-corrected chi connectivity index (χ1v) is 5.06. The minimum atomic E-state index is -0.435. The predicted octanol–water partition coefficient (Wildman–Crippen LogP) is 0.748. The third-order valence-corrected chi connectivity index (χ3v) is 2.10. The number of carbonyl (C=O) groups excluding carboxylic acids is 1. The lowest BCUT2D eigenvalue weighted by Gasteiger charge is -2.11. The topological polar surface area (TPSA) is 78.0 Å². The monoisotopic (exact) mass is 211 g/mol. The molecule has 1 rings (SSSR count). The van der Waals surface area contributed by atoms with E-state index in [1.165, 1.54) is 0 Å². The van der Waals surface area contributed by atoms with Crippen LogP contribution in [0.15, 0.2) is 12.4 Å². The molecule has 1 aromatic heterocycles. The van der Waals surface area contributed by atoms with Crippen LogP contribution in [0.5, 0.6) is 0 Å². The number of aromatic amines is 1. The number of imidazole rings is 1. The fraction of sp³-hybridized carbons (Fsp3) is 0.600. The Labute approximate surface area is 88.9 Å². The van der Waals surface area contributed by atoms with Crippen molar-refractivity contribution in [3.8, 4) is 0 Å². The Hall–Kier alpha value is -1.36. The smallest absolute Gasteiger partial charge is 0.220 e. The van der Waals surface area contributed by atoms with Crippen molar-refractivity contribution in [1.82, 2.24) is 15.3 Å². The molecule has 0 aromatic carbocycles. The van der Waals surface area contributed by atoms with E-state index in [1.54, 1.807) is 19.3 Å². The molecule has 1 aromatic rings. The molecule has 0 saturated carbocycles. The van der Waals surface area contributed by atoms with Crippen molar-refractivity contribution in [2.45, 2.75) is 38.8 Å². The summed E-state index contributed by atoms with van der Waals surface area (Å²) in [5, 5.41) is 11.8. The van der Waals surface area contributed by atoms with E-state index in [0.29, 0.717) is 12.8 Å². The molecule has 0 aliphatic rings. The molecule has 2 unspecified atom stereocenters. The Balaban J connectivity index is 2.32. The third kappa shape index (κ3) is 4.12. The molecule has 84 valence electrons. The molecule has 0 bridgehead atoms. The zero-order valence-corrected chi connectivity index (χ0v) is 9.03. The van der Waals surface area contributed by atoms with Gasteiger partial charge in [0.2, 0.25) is 5.91 Å². The largest absolute Gasteiger partial charge is 0.393 e. The Kier molecular flexibility index (Phi) is 4.30. The average Bonchev–Trinajstić information content (AvgIpc) is 2.67. The first-order valence-electron chi connectivity index (χ1n) is 5.06. The van der Waals surface area contributed by atoms with Crippen molar-refractivity contribution in [1.29, 1.82) is 0 Å². The lowest BCUT2D eigenvalue weighted by atomic mass is 10.2. The van der Waals surface area contributed by atoms with Crippen molar-refractivity contribution < 1.29 is 9.90 Å². The normalized spacial score (nSPS) is 14.6. The van der Waals surface area contributed by atoms with Crippen molar-refractivity contribution in [2.75, 3.05) is 0 Å². The summed E-state index contributed by atoms with van der Waals surface area (Å²) in [6, 6.07) is -0.124. The molecule has 0 spiro atoms. The summed E-state index contributed by atoms with van der Waals surface area (Å²) in [5.41, 5.74) is 0. The van der Waals surface area contributed by atoms with Gasteiger partial charge in [-0.3, -0.25) is 4.79 Å². The minimum Gasteiger partial charge on any atom is -0.393 e. The molecule has 0 saturated heterocycles. The Morgan fingerprint density at radius 1 is 1.67 bits per heavy atom. The number of aliphatic hydroxyl groups is 1. The number of hydrogen-bond donors (Lipinski definition) is 3. The zero-order chi connectivity index (χ0) is 11.3. The van der Waals surface area contributed by atoms with E-state index in [4.69, 9.17) is 5.11 Å². The highest BCUT2D eigenvalue weighted by Gasteiger charge is 2.11. The first kappa shape index (κ1) is 11.7. The van der Waals surface area contributed by atoms with Crippen molar-refractivity contribution in [3.63, 3.8) is 0 Å². The van der Waals surface area contributed by atoms with Crippen molar-refractivity contribution in [3.05, 3.63) is 18.2 Å². The van der Waals surface area contributed by atoms with Gasteiger partial charge in [-0.1, -0.05) is 0 Å². The maximum absolute atomic E-state index is 11.4. The molecular formula is C10H17N3O2. The fourth-order valence-electron chi connectivity index (χ4n) is 1.24. The molecule has 3 N–H and O–H groups in total. The molecule has 5 heteroatoms. The van der Waals surface area contributed by atoms with Gasteiger partial charge in [0.15, 0.2) is 0 Å². The second kappa shape index (κ2) is 5.50. The number of amides is 1. The summed E-state index contributed by atoms with van der Waals surface area (Å²) in [7, 11) is 0. The van der Waals surface area contributed by atoms with Gasteiger partial charge in [-0.05, 0) is 20.3 Å². The van der Waals surface area contributed by atoms with Crippen molar-refractivity contribution >= 4 is 5.91 Å². The molecule has 2 atom stereocenters. The van der Waals surface area contributed by atoms with Gasteiger partial charge in [0, 0.05) is 18.8 Å². The predicted molar refractivity (Wildman–Crippen MR) is 56.1 cm³/mol. The Morgan fingerprint density at radius 3 is 2.93 bits per heavy atom. The lowest BCUT2D eigenvalue weighted by molar-refractivity contribution is -0.122. The number of H-pyrrole nitrogens is 1. The number of nitrogens with zero attached hydrogens (tertiary/aromatic N) is 1. The van der Waals surface area contributed by atoms with Crippen LogP contribution in [0.2, 0.25) is 0 Å². The maximum atomic E-state index is 11.4. The summed E-state index contributed by atoms with van der Waals surface area (Å²) in [6.45, 7) is 3.53. The first-order chi connectivity index (χ1) is 7.09. The van der Waals surface area contributed by atoms with Crippen LogP contribution < -0.4 is 5.32 Å². The minimum absolute atomic E-state index is 0.0696. The highest BCUT2D eigenvalue weighted by molar-refractivity contribution is 5.76. The molecule has 15 heavy (non-hydrogen) atoms. The van der Waals surface area contributed by atoms with Gasteiger partial charge in [-0.25, -0.2) is 4.98 Å². The number of aromatic nitrogens is 2. The summed E-state index contributed by atoms with van der Waals surface area (Å²) in [5.74, 6) is 0.667. The average molecular weight is 211 g/mol. The standard InChI is InChI=1S/C10H17N3O2/c1-7(14)3-4-9(15)13-8(2)10-11-5-6-12-10/h5-8,14H,3-4H2,1-2H3,(H,11,12)(H,13,15). The van der Waals surface area contributed by atoms with E-state index in [9.17, 15) is 4.79 Å². The van der Waals surface area contributed by atoms with Gasteiger partial charge < -0.3 is 15.4 Å². The lowest BCUT2D eigenvalue weighted by Crippen LogP contribution is -2.27. The van der Waals surface area contributed by atoms with Gasteiger partial charge in [-0.15, -0.1) is 0 Å². The molecular weight excluding hydrogens is 194 g/mol. The van der Waals surface area contributed by atoms with E-state index >= 15 is 0 Å². The highest BCUT2D eigenvalue weighted by Crippen LogP contribution is 2.06. The number of nitrogens with one attached hydrogen (secondary N) is 2. The van der Waals surface area contributed by atoms with Crippen molar-refractivity contribution in [2.24, 2.45) is 0 Å². The molecule has 0 radical (unpaired) electrons. The van der Waals surface area contributed by atoms with Crippen LogP contribution in [0, 0.1) is 0 Å². The van der Waals surface area contributed by atoms with E-state index in [2.05, 4.69) is 15.3 Å². The summed E-state index contributed by atoms with van der Waals surface area (Å²) >= 11 is 0. The molecule has 0 aliphatic carbocycles. The fourth-order valence-corrected chi connectivity index (χ4v) is 1.24. The maximum Gasteiger partial charge on any atom is 0.220 e. The highest BCUT2D eigenvalue weighted by atomic mass is 16.3. The number of aliphatic hydroxyl groups excluding tert-OH is 1. The summed E-state index contributed by atoms with van der Waals surface area (Å²) in [6.07, 6.45) is 3.75. The number of rotatable bonds is 5. The van der Waals surface area contributed by atoms with Gasteiger partial charge in [0.1, 0.15) is 5.82 Å². The summed E-state index contributed by atoms with van der Waals surface area (Å²) < 4.78 is 0. The van der Waals surface area contributed by atoms with Crippen LogP contribution >= 0.6 is 0 Å². The molecule has 1 amide bonds. The van der Waals surface area contributed by atoms with E-state index in [1.807, 2.05) is 6.92 Å². The van der Waals surface area contributed by atoms with Crippen LogP contribution in [-0.2, 0) is 4.79 Å². The van der Waals surface area contributed by atoms with Gasteiger partial charge in [0.25, 0.3) is 0 Å². The van der Waals surface area contributed by atoms with E-state index in [0.717, 1.165) is 5.82 Å². The summed E-state index contributed by atoms with van der Waals surface area (Å²) in [4.78, 5) is 18.4. The molecule has 0 fully saturated rings. The molecule has 5 nitrogen and oxygen atoms in total. The molecule has 1 heterocycles. The van der Waals surface area contributed by atoms with E-state index < -0.39 is 6.10 Å². The zero-order valence-electron chi connectivity index (χ0n) is 9.03. The van der Waals surface area contributed by atoms with Crippen LogP contribution in [-0.4, -0.2) is 27.1 Å².